The zero-order valence-electron chi connectivity index (χ0n) is 12.0. The summed E-state index contributed by atoms with van der Waals surface area (Å²) in [7, 11) is 0. The monoisotopic (exact) mass is 293 g/mol. The fourth-order valence-corrected chi connectivity index (χ4v) is 2.41. The molecule has 0 saturated carbocycles. The number of alkyl halides is 3. The predicted octanol–water partition coefficient (Wildman–Crippen LogP) is 5.44. The molecule has 0 radical (unpaired) electrons. The van der Waals surface area contributed by atoms with E-state index in [1.54, 1.807) is 13.0 Å². The lowest BCUT2D eigenvalue weighted by Crippen LogP contribution is -2.15. The Morgan fingerprint density at radius 3 is 2.29 bits per heavy atom. The molecule has 112 valence electrons. The van der Waals surface area contributed by atoms with Crippen LogP contribution in [0.2, 0.25) is 0 Å². The number of benzene rings is 2. The smallest absolute Gasteiger partial charge is 0.378 e. The minimum atomic E-state index is -4.34. The Morgan fingerprint density at radius 1 is 1.00 bits per heavy atom. The van der Waals surface area contributed by atoms with Gasteiger partial charge in [-0.3, -0.25) is 0 Å². The Bertz CT molecular complexity index is 605. The summed E-state index contributed by atoms with van der Waals surface area (Å²) in [5, 5.41) is 3.19. The van der Waals surface area contributed by atoms with Gasteiger partial charge in [-0.05, 0) is 36.6 Å². The molecule has 0 spiro atoms. The molecule has 0 fully saturated rings. The Hall–Kier alpha value is -1.97. The van der Waals surface area contributed by atoms with Crippen LogP contribution >= 0.6 is 0 Å². The van der Waals surface area contributed by atoms with Crippen molar-refractivity contribution in [3.8, 4) is 0 Å². The minimum Gasteiger partial charge on any atom is -0.378 e. The zero-order chi connectivity index (χ0) is 15.5. The molecule has 1 N–H and O–H groups in total. The summed E-state index contributed by atoms with van der Waals surface area (Å²) in [6.07, 6.45) is -3.51. The van der Waals surface area contributed by atoms with Gasteiger partial charge in [0.1, 0.15) is 0 Å². The van der Waals surface area contributed by atoms with Gasteiger partial charge in [0, 0.05) is 11.7 Å². The van der Waals surface area contributed by atoms with Crippen LogP contribution in [0.25, 0.3) is 0 Å². The molecule has 1 nitrogen and oxygen atoms in total. The van der Waals surface area contributed by atoms with Crippen molar-refractivity contribution in [2.75, 3.05) is 5.32 Å². The van der Waals surface area contributed by atoms with E-state index in [4.69, 9.17) is 0 Å². The molecule has 21 heavy (non-hydrogen) atoms. The van der Waals surface area contributed by atoms with Crippen LogP contribution in [-0.2, 0) is 12.6 Å². The van der Waals surface area contributed by atoms with E-state index in [1.165, 1.54) is 12.1 Å². The van der Waals surface area contributed by atoms with Gasteiger partial charge in [-0.2, -0.15) is 13.2 Å². The molecular weight excluding hydrogens is 275 g/mol. The van der Waals surface area contributed by atoms with E-state index in [-0.39, 0.29) is 5.56 Å². The van der Waals surface area contributed by atoms with Gasteiger partial charge < -0.3 is 5.32 Å². The average Bonchev–Trinajstić information content (AvgIpc) is 2.47. The number of para-hydroxylation sites is 1. The van der Waals surface area contributed by atoms with Crippen LogP contribution in [0.3, 0.4) is 0 Å². The second-order valence-electron chi connectivity index (χ2n) is 4.96. The van der Waals surface area contributed by atoms with Crippen LogP contribution in [0.4, 0.5) is 18.9 Å². The highest BCUT2D eigenvalue weighted by Crippen LogP contribution is 2.35. The van der Waals surface area contributed by atoms with E-state index in [9.17, 15) is 13.2 Å². The lowest BCUT2D eigenvalue weighted by atomic mass is 10.00. The Balaban J connectivity index is 2.31. The largest absolute Gasteiger partial charge is 0.416 e. The highest BCUT2D eigenvalue weighted by atomic mass is 19.4. The van der Waals surface area contributed by atoms with Crippen molar-refractivity contribution in [1.29, 1.82) is 0 Å². The molecule has 1 atom stereocenters. The normalized spacial score (nSPS) is 13.0. The number of halogens is 3. The van der Waals surface area contributed by atoms with Crippen LogP contribution in [0.15, 0.2) is 48.5 Å². The molecule has 0 heterocycles. The van der Waals surface area contributed by atoms with Crippen LogP contribution in [0.5, 0.6) is 0 Å². The van der Waals surface area contributed by atoms with E-state index in [0.29, 0.717) is 0 Å². The standard InChI is InChI=1S/C17H18F3N/c1-3-13-8-4-7-11-16(13)21-12(2)14-9-5-6-10-15(14)17(18,19)20/h4-12,21H,3H2,1-2H3. The van der Waals surface area contributed by atoms with Crippen LogP contribution in [0.1, 0.15) is 36.6 Å². The topological polar surface area (TPSA) is 12.0 Å². The van der Waals surface area contributed by atoms with Crippen molar-refractivity contribution in [2.24, 2.45) is 0 Å². The summed E-state index contributed by atoms with van der Waals surface area (Å²) in [5.74, 6) is 0. The van der Waals surface area contributed by atoms with Crippen molar-refractivity contribution in [3.05, 3.63) is 65.2 Å². The van der Waals surface area contributed by atoms with E-state index in [2.05, 4.69) is 5.32 Å². The van der Waals surface area contributed by atoms with Gasteiger partial charge in [-0.1, -0.05) is 43.3 Å². The van der Waals surface area contributed by atoms with E-state index in [0.717, 1.165) is 23.7 Å². The zero-order valence-corrected chi connectivity index (χ0v) is 12.0. The molecule has 0 aliphatic carbocycles. The third-order valence-corrected chi connectivity index (χ3v) is 3.50. The van der Waals surface area contributed by atoms with Crippen molar-refractivity contribution < 1.29 is 13.2 Å². The van der Waals surface area contributed by atoms with Crippen LogP contribution in [0, 0.1) is 0 Å². The third-order valence-electron chi connectivity index (χ3n) is 3.50. The number of anilines is 1. The minimum absolute atomic E-state index is 0.260. The molecule has 0 amide bonds. The number of nitrogens with one attached hydrogen (secondary N) is 1. The SMILES string of the molecule is CCc1ccccc1NC(C)c1ccccc1C(F)(F)F. The van der Waals surface area contributed by atoms with Gasteiger partial charge >= 0.3 is 6.18 Å². The molecule has 2 aromatic rings. The molecule has 0 aromatic heterocycles. The molecule has 0 aliphatic rings. The molecular formula is C17H18F3N. The van der Waals surface area contributed by atoms with Crippen molar-refractivity contribution in [2.45, 2.75) is 32.5 Å². The van der Waals surface area contributed by atoms with Gasteiger partial charge in [0.25, 0.3) is 0 Å². The first-order valence-corrected chi connectivity index (χ1v) is 6.94. The average molecular weight is 293 g/mol. The number of hydrogen-bond acceptors (Lipinski definition) is 1. The Morgan fingerprint density at radius 2 is 1.62 bits per heavy atom. The first-order valence-electron chi connectivity index (χ1n) is 6.94. The summed E-state index contributed by atoms with van der Waals surface area (Å²) < 4.78 is 39.2. The fourth-order valence-electron chi connectivity index (χ4n) is 2.41. The maximum atomic E-state index is 13.1. The van der Waals surface area contributed by atoms with Gasteiger partial charge in [0.15, 0.2) is 0 Å². The van der Waals surface area contributed by atoms with Crippen molar-refractivity contribution in [3.63, 3.8) is 0 Å². The lowest BCUT2D eigenvalue weighted by Gasteiger charge is -2.21. The second kappa shape index (κ2) is 6.20. The first-order chi connectivity index (χ1) is 9.93. The van der Waals surface area contributed by atoms with Gasteiger partial charge in [0.2, 0.25) is 0 Å². The quantitative estimate of drug-likeness (QED) is 0.791. The molecule has 2 aromatic carbocycles. The molecule has 2 rings (SSSR count). The second-order valence-corrected chi connectivity index (χ2v) is 4.96. The fraction of sp³-hybridized carbons (Fsp3) is 0.294. The summed E-state index contributed by atoms with van der Waals surface area (Å²) in [6, 6.07) is 13.0. The maximum absolute atomic E-state index is 13.1. The van der Waals surface area contributed by atoms with E-state index >= 15 is 0 Å². The van der Waals surface area contributed by atoms with Crippen molar-refractivity contribution >= 4 is 5.69 Å². The highest BCUT2D eigenvalue weighted by Gasteiger charge is 2.34. The van der Waals surface area contributed by atoms with E-state index in [1.807, 2.05) is 31.2 Å². The molecule has 1 unspecified atom stereocenters. The molecule has 0 bridgehead atoms. The number of hydrogen-bond donors (Lipinski definition) is 1. The number of rotatable bonds is 4. The summed E-state index contributed by atoms with van der Waals surface area (Å²) >= 11 is 0. The number of aryl methyl sites for hydroxylation is 1. The molecule has 0 aliphatic heterocycles. The Kier molecular flexibility index (Phi) is 4.56. The van der Waals surface area contributed by atoms with Gasteiger partial charge in [-0.25, -0.2) is 0 Å². The lowest BCUT2D eigenvalue weighted by molar-refractivity contribution is -0.138. The maximum Gasteiger partial charge on any atom is 0.416 e. The summed E-state index contributed by atoms with van der Waals surface area (Å²) in [5.41, 5.74) is 1.65. The summed E-state index contributed by atoms with van der Waals surface area (Å²) in [4.78, 5) is 0. The van der Waals surface area contributed by atoms with Crippen LogP contribution < -0.4 is 5.32 Å². The van der Waals surface area contributed by atoms with Gasteiger partial charge in [-0.15, -0.1) is 0 Å². The van der Waals surface area contributed by atoms with Crippen molar-refractivity contribution in [1.82, 2.24) is 0 Å². The summed E-state index contributed by atoms with van der Waals surface area (Å²) in [6.45, 7) is 3.77. The van der Waals surface area contributed by atoms with Crippen LogP contribution in [-0.4, -0.2) is 0 Å². The molecule has 4 heteroatoms. The predicted molar refractivity (Wildman–Crippen MR) is 79.3 cm³/mol. The first kappa shape index (κ1) is 15.4. The van der Waals surface area contributed by atoms with Gasteiger partial charge in [0.05, 0.1) is 5.56 Å². The Labute approximate surface area is 122 Å². The highest BCUT2D eigenvalue weighted by molar-refractivity contribution is 5.53. The van der Waals surface area contributed by atoms with E-state index < -0.39 is 17.8 Å². The third kappa shape index (κ3) is 3.57. The molecule has 0 saturated heterocycles.